The fourth-order valence-corrected chi connectivity index (χ4v) is 1.43. The van der Waals surface area contributed by atoms with Gasteiger partial charge in [0.1, 0.15) is 0 Å². The second kappa shape index (κ2) is 12.4. The number of carbonyl (C=O) groups is 3. The van der Waals surface area contributed by atoms with Gasteiger partial charge >= 0.3 is 17.9 Å². The van der Waals surface area contributed by atoms with Crippen molar-refractivity contribution in [3.8, 4) is 0 Å². The Morgan fingerprint density at radius 1 is 0.773 bits per heavy atom. The number of ether oxygens (including phenoxy) is 3. The van der Waals surface area contributed by atoms with Crippen molar-refractivity contribution in [1.82, 2.24) is 0 Å². The van der Waals surface area contributed by atoms with Crippen LogP contribution in [0.15, 0.2) is 30.3 Å². The molecule has 0 saturated heterocycles. The smallest absolute Gasteiger partial charge is 0.337 e. The first kappa shape index (κ1) is 19.6. The minimum Gasteiger partial charge on any atom is -0.469 e. The molecule has 0 aromatic heterocycles. The number of hydrogen-bond donors (Lipinski definition) is 0. The molecule has 0 aliphatic heterocycles. The van der Waals surface area contributed by atoms with Crippen LogP contribution in [-0.2, 0) is 23.8 Å². The molecule has 0 fully saturated rings. The number of benzene rings is 1. The molecule has 0 radical (unpaired) electrons. The van der Waals surface area contributed by atoms with Gasteiger partial charge in [-0.2, -0.15) is 0 Å². The molecular weight excluding hydrogens is 288 g/mol. The number of methoxy groups -OCH3 is 3. The molecule has 122 valence electrons. The summed E-state index contributed by atoms with van der Waals surface area (Å²) >= 11 is 0. The van der Waals surface area contributed by atoms with Crippen LogP contribution in [0.4, 0.5) is 0 Å². The fraction of sp³-hybridized carbons (Fsp3) is 0.438. The van der Waals surface area contributed by atoms with E-state index in [2.05, 4.69) is 14.2 Å². The molecular formula is C16H22O6. The first-order chi connectivity index (χ1) is 10.5. The van der Waals surface area contributed by atoms with Crippen LogP contribution in [0.5, 0.6) is 0 Å². The maximum absolute atomic E-state index is 10.8. The Bertz CT molecular complexity index is 437. The van der Waals surface area contributed by atoms with E-state index in [1.165, 1.54) is 21.3 Å². The standard InChI is InChI=1S/C8H14O4.C8H8O2/c1-11-7(9)5-3-4-6-8(10)12-2;1-10-8(9)7-5-3-2-4-6-7/h3-6H2,1-2H3;2-6H,1H3. The van der Waals surface area contributed by atoms with Crippen molar-refractivity contribution in [2.75, 3.05) is 21.3 Å². The highest BCUT2D eigenvalue weighted by Crippen LogP contribution is 2.01. The lowest BCUT2D eigenvalue weighted by Crippen LogP contribution is -2.02. The molecule has 0 bridgehead atoms. The quantitative estimate of drug-likeness (QED) is 0.456. The average molecular weight is 310 g/mol. The first-order valence-corrected chi connectivity index (χ1v) is 6.82. The highest BCUT2D eigenvalue weighted by molar-refractivity contribution is 5.89. The molecule has 6 heteroatoms. The van der Waals surface area contributed by atoms with Crippen molar-refractivity contribution in [3.05, 3.63) is 35.9 Å². The SMILES string of the molecule is COC(=O)CCCCC(=O)OC.COC(=O)c1ccccc1. The second-order valence-corrected chi connectivity index (χ2v) is 4.22. The van der Waals surface area contributed by atoms with Gasteiger partial charge in [-0.05, 0) is 25.0 Å². The third-order valence-corrected chi connectivity index (χ3v) is 2.66. The number of unbranched alkanes of at least 4 members (excludes halogenated alkanes) is 1. The molecule has 6 nitrogen and oxygen atoms in total. The summed E-state index contributed by atoms with van der Waals surface area (Å²) in [6, 6.07) is 8.88. The van der Waals surface area contributed by atoms with Gasteiger partial charge in [0, 0.05) is 12.8 Å². The van der Waals surface area contributed by atoms with Crippen LogP contribution in [0.1, 0.15) is 36.0 Å². The van der Waals surface area contributed by atoms with Gasteiger partial charge in [0.05, 0.1) is 26.9 Å². The van der Waals surface area contributed by atoms with Gasteiger partial charge in [0.2, 0.25) is 0 Å². The van der Waals surface area contributed by atoms with E-state index < -0.39 is 0 Å². The van der Waals surface area contributed by atoms with Crippen LogP contribution in [0.3, 0.4) is 0 Å². The lowest BCUT2D eigenvalue weighted by molar-refractivity contribution is -0.142. The third-order valence-electron chi connectivity index (χ3n) is 2.66. The van der Waals surface area contributed by atoms with E-state index >= 15 is 0 Å². The topological polar surface area (TPSA) is 78.9 Å². The Balaban J connectivity index is 0.000000406. The molecule has 0 unspecified atom stereocenters. The van der Waals surface area contributed by atoms with Crippen LogP contribution in [0.2, 0.25) is 0 Å². The molecule has 0 spiro atoms. The minimum atomic E-state index is -0.291. The van der Waals surface area contributed by atoms with E-state index in [1.54, 1.807) is 24.3 Å². The third kappa shape index (κ3) is 9.52. The molecule has 0 N–H and O–H groups in total. The predicted molar refractivity (Wildman–Crippen MR) is 80.3 cm³/mol. The zero-order chi connectivity index (χ0) is 16.8. The van der Waals surface area contributed by atoms with Gasteiger partial charge in [-0.1, -0.05) is 18.2 Å². The Labute approximate surface area is 130 Å². The molecule has 0 heterocycles. The van der Waals surface area contributed by atoms with Gasteiger partial charge in [0.15, 0.2) is 0 Å². The van der Waals surface area contributed by atoms with Crippen molar-refractivity contribution < 1.29 is 28.6 Å². The van der Waals surface area contributed by atoms with Crippen LogP contribution in [0, 0.1) is 0 Å². The monoisotopic (exact) mass is 310 g/mol. The molecule has 1 aromatic rings. The maximum Gasteiger partial charge on any atom is 0.337 e. The molecule has 0 amide bonds. The zero-order valence-corrected chi connectivity index (χ0v) is 13.2. The Morgan fingerprint density at radius 2 is 1.23 bits per heavy atom. The molecule has 1 aromatic carbocycles. The Morgan fingerprint density at radius 3 is 1.59 bits per heavy atom. The van der Waals surface area contributed by atoms with Crippen LogP contribution < -0.4 is 0 Å². The van der Waals surface area contributed by atoms with Crippen molar-refractivity contribution >= 4 is 17.9 Å². The van der Waals surface area contributed by atoms with Gasteiger partial charge in [0.25, 0.3) is 0 Å². The highest BCUT2D eigenvalue weighted by Gasteiger charge is 2.02. The fourth-order valence-electron chi connectivity index (χ4n) is 1.43. The molecule has 1 rings (SSSR count). The normalized spacial score (nSPS) is 9.05. The molecule has 22 heavy (non-hydrogen) atoms. The summed E-state index contributed by atoms with van der Waals surface area (Å²) < 4.78 is 13.4. The number of rotatable bonds is 6. The Kier molecular flexibility index (Phi) is 11.0. The van der Waals surface area contributed by atoms with Crippen molar-refractivity contribution in [3.63, 3.8) is 0 Å². The van der Waals surface area contributed by atoms with Gasteiger partial charge in [-0.3, -0.25) is 9.59 Å². The number of esters is 3. The summed E-state index contributed by atoms with van der Waals surface area (Å²) in [4.78, 5) is 32.0. The predicted octanol–water partition coefficient (Wildman–Crippen LogP) is 2.37. The summed E-state index contributed by atoms with van der Waals surface area (Å²) in [7, 11) is 4.07. The van der Waals surface area contributed by atoms with Crippen molar-refractivity contribution in [2.45, 2.75) is 25.7 Å². The maximum atomic E-state index is 10.8. The van der Waals surface area contributed by atoms with Crippen LogP contribution in [0.25, 0.3) is 0 Å². The average Bonchev–Trinajstić information content (AvgIpc) is 2.58. The van der Waals surface area contributed by atoms with Crippen LogP contribution in [-0.4, -0.2) is 39.2 Å². The zero-order valence-electron chi connectivity index (χ0n) is 13.2. The van der Waals surface area contributed by atoms with E-state index in [1.807, 2.05) is 6.07 Å². The first-order valence-electron chi connectivity index (χ1n) is 6.82. The van der Waals surface area contributed by atoms with Gasteiger partial charge < -0.3 is 14.2 Å². The molecule has 0 saturated carbocycles. The van der Waals surface area contributed by atoms with E-state index in [4.69, 9.17) is 0 Å². The summed E-state index contributed by atoms with van der Waals surface area (Å²) in [5.41, 5.74) is 0.588. The van der Waals surface area contributed by atoms with Gasteiger partial charge in [-0.25, -0.2) is 4.79 Å². The Hall–Kier alpha value is -2.37. The molecule has 0 aliphatic rings. The summed E-state index contributed by atoms with van der Waals surface area (Å²) in [5.74, 6) is -0.764. The van der Waals surface area contributed by atoms with E-state index in [-0.39, 0.29) is 17.9 Å². The van der Waals surface area contributed by atoms with Crippen molar-refractivity contribution in [2.24, 2.45) is 0 Å². The van der Waals surface area contributed by atoms with E-state index in [9.17, 15) is 14.4 Å². The second-order valence-electron chi connectivity index (χ2n) is 4.22. The summed E-state index contributed by atoms with van der Waals surface area (Å²) in [6.45, 7) is 0. The minimum absolute atomic E-state index is 0.236. The summed E-state index contributed by atoms with van der Waals surface area (Å²) in [6.07, 6.45) is 2.07. The van der Waals surface area contributed by atoms with Crippen LogP contribution >= 0.6 is 0 Å². The number of carbonyl (C=O) groups excluding carboxylic acids is 3. The molecule has 0 aliphatic carbocycles. The lowest BCUT2D eigenvalue weighted by Gasteiger charge is -1.98. The largest absolute Gasteiger partial charge is 0.469 e. The summed E-state index contributed by atoms with van der Waals surface area (Å²) in [5, 5.41) is 0. The van der Waals surface area contributed by atoms with E-state index in [0.29, 0.717) is 31.2 Å². The highest BCUT2D eigenvalue weighted by atomic mass is 16.5. The van der Waals surface area contributed by atoms with Gasteiger partial charge in [-0.15, -0.1) is 0 Å². The molecule has 0 atom stereocenters. The lowest BCUT2D eigenvalue weighted by atomic mass is 10.2. The van der Waals surface area contributed by atoms with Crippen molar-refractivity contribution in [1.29, 1.82) is 0 Å². The van der Waals surface area contributed by atoms with E-state index in [0.717, 1.165) is 0 Å². The number of hydrogen-bond acceptors (Lipinski definition) is 6.